The first-order valence-corrected chi connectivity index (χ1v) is 11.9. The molecule has 0 bridgehead atoms. The van der Waals surface area contributed by atoms with Gasteiger partial charge in [0.15, 0.2) is 0 Å². The molecule has 4 aromatic rings. The third kappa shape index (κ3) is 4.81. The molecule has 10 heteroatoms. The Morgan fingerprint density at radius 3 is 2.67 bits per heavy atom. The number of nitrogens with zero attached hydrogens (tertiary/aromatic N) is 3. The molecule has 2 aromatic carbocycles. The largest absolute Gasteiger partial charge is 0.506 e. The lowest BCUT2D eigenvalue weighted by atomic mass is 10.0. The first-order valence-electron chi connectivity index (χ1n) is 10.1. The topological polar surface area (TPSA) is 118 Å². The standard InChI is InChI=1S/C23H20N4O4S2/c1-3-18-20(14-6-4-13(2)5-7-14)21-22(24-12-25-23(21)33-18)32-11-19(29)26-16-10-15(27(30)31)8-9-17(16)28/h4-10,12,28H,3,11H2,1-2H3,(H,26,29). The molecule has 2 N–H and O–H groups in total. The highest BCUT2D eigenvalue weighted by atomic mass is 32.2. The molecule has 33 heavy (non-hydrogen) atoms. The van der Waals surface area contributed by atoms with Gasteiger partial charge in [-0.15, -0.1) is 11.3 Å². The number of rotatable bonds is 7. The van der Waals surface area contributed by atoms with E-state index in [9.17, 15) is 20.0 Å². The van der Waals surface area contributed by atoms with Crippen molar-refractivity contribution in [1.29, 1.82) is 0 Å². The second-order valence-corrected chi connectivity index (χ2v) is 9.32. The molecule has 0 unspecified atom stereocenters. The van der Waals surface area contributed by atoms with Gasteiger partial charge >= 0.3 is 0 Å². The zero-order valence-electron chi connectivity index (χ0n) is 17.9. The molecular formula is C23H20N4O4S2. The van der Waals surface area contributed by atoms with E-state index in [4.69, 9.17) is 0 Å². The molecule has 0 fully saturated rings. The number of hydrogen-bond donors (Lipinski definition) is 2. The second kappa shape index (κ2) is 9.55. The van der Waals surface area contributed by atoms with E-state index < -0.39 is 10.8 Å². The Kier molecular flexibility index (Phi) is 6.57. The van der Waals surface area contributed by atoms with Crippen LogP contribution in [0, 0.1) is 17.0 Å². The van der Waals surface area contributed by atoms with E-state index in [-0.39, 0.29) is 22.9 Å². The lowest BCUT2D eigenvalue weighted by Crippen LogP contribution is -2.14. The normalized spacial score (nSPS) is 11.0. The summed E-state index contributed by atoms with van der Waals surface area (Å²) in [5, 5.41) is 25.1. The smallest absolute Gasteiger partial charge is 0.271 e. The number of nitro benzene ring substituents is 1. The van der Waals surface area contributed by atoms with Crippen LogP contribution in [0.15, 0.2) is 53.8 Å². The van der Waals surface area contributed by atoms with Crippen molar-refractivity contribution in [2.24, 2.45) is 0 Å². The third-order valence-corrected chi connectivity index (χ3v) is 7.22. The number of phenolic OH excluding ortho intramolecular Hbond substituents is 1. The minimum atomic E-state index is -0.587. The highest BCUT2D eigenvalue weighted by Gasteiger charge is 2.19. The molecule has 0 aliphatic rings. The lowest BCUT2D eigenvalue weighted by molar-refractivity contribution is -0.384. The van der Waals surface area contributed by atoms with Crippen LogP contribution in [0.5, 0.6) is 5.75 Å². The van der Waals surface area contributed by atoms with E-state index in [1.54, 1.807) is 11.3 Å². The lowest BCUT2D eigenvalue weighted by Gasteiger charge is -2.09. The Labute approximate surface area is 197 Å². The number of aromatic hydroxyl groups is 1. The first kappa shape index (κ1) is 22.7. The third-order valence-electron chi connectivity index (χ3n) is 4.99. The number of hydrogen-bond acceptors (Lipinski definition) is 8. The van der Waals surface area contributed by atoms with Gasteiger partial charge in [0.1, 0.15) is 21.9 Å². The Balaban J connectivity index is 1.61. The highest BCUT2D eigenvalue weighted by Crippen LogP contribution is 2.42. The fraction of sp³-hybridized carbons (Fsp3) is 0.174. The molecule has 4 rings (SSSR count). The molecule has 2 heterocycles. The van der Waals surface area contributed by atoms with Crippen LogP contribution in [0.2, 0.25) is 0 Å². The fourth-order valence-electron chi connectivity index (χ4n) is 3.39. The maximum atomic E-state index is 12.6. The number of anilines is 1. The molecule has 0 radical (unpaired) electrons. The molecule has 1 amide bonds. The van der Waals surface area contributed by atoms with Crippen molar-refractivity contribution in [3.8, 4) is 16.9 Å². The number of phenols is 1. The summed E-state index contributed by atoms with van der Waals surface area (Å²) in [7, 11) is 0. The number of amides is 1. The Bertz CT molecular complexity index is 1350. The molecule has 0 atom stereocenters. The highest BCUT2D eigenvalue weighted by molar-refractivity contribution is 8.00. The average Bonchev–Trinajstić information content (AvgIpc) is 3.19. The summed E-state index contributed by atoms with van der Waals surface area (Å²) >= 11 is 2.88. The van der Waals surface area contributed by atoms with E-state index in [1.807, 2.05) is 6.92 Å². The van der Waals surface area contributed by atoms with Crippen molar-refractivity contribution >= 4 is 50.6 Å². The van der Waals surface area contributed by atoms with Gasteiger partial charge in [0, 0.05) is 22.6 Å². The molecule has 168 valence electrons. The number of non-ortho nitro benzene ring substituents is 1. The van der Waals surface area contributed by atoms with Gasteiger partial charge in [0.25, 0.3) is 5.69 Å². The van der Waals surface area contributed by atoms with E-state index >= 15 is 0 Å². The summed E-state index contributed by atoms with van der Waals surface area (Å²) in [6.45, 7) is 4.14. The van der Waals surface area contributed by atoms with Crippen LogP contribution < -0.4 is 5.32 Å². The predicted molar refractivity (Wildman–Crippen MR) is 131 cm³/mol. The van der Waals surface area contributed by atoms with E-state index in [0.717, 1.165) is 33.8 Å². The van der Waals surface area contributed by atoms with Crippen molar-refractivity contribution in [3.63, 3.8) is 0 Å². The SMILES string of the molecule is CCc1sc2ncnc(SCC(=O)Nc3cc([N+](=O)[O-])ccc3O)c2c1-c1ccc(C)cc1. The van der Waals surface area contributed by atoms with Gasteiger partial charge < -0.3 is 10.4 Å². The second-order valence-electron chi connectivity index (χ2n) is 7.27. The predicted octanol–water partition coefficient (Wildman–Crippen LogP) is 5.57. The molecule has 2 aromatic heterocycles. The van der Waals surface area contributed by atoms with E-state index in [0.29, 0.717) is 5.03 Å². The van der Waals surface area contributed by atoms with Crippen molar-refractivity contribution < 1.29 is 14.8 Å². The Morgan fingerprint density at radius 2 is 1.97 bits per heavy atom. The van der Waals surface area contributed by atoms with Crippen molar-refractivity contribution in [1.82, 2.24) is 9.97 Å². The zero-order valence-corrected chi connectivity index (χ0v) is 19.5. The number of aryl methyl sites for hydroxylation is 2. The molecule has 8 nitrogen and oxygen atoms in total. The summed E-state index contributed by atoms with van der Waals surface area (Å²) in [6, 6.07) is 11.8. The van der Waals surface area contributed by atoms with Crippen LogP contribution in [0.3, 0.4) is 0 Å². The van der Waals surface area contributed by atoms with Crippen molar-refractivity contribution in [2.45, 2.75) is 25.3 Å². The van der Waals surface area contributed by atoms with Crippen LogP contribution in [-0.4, -0.2) is 31.7 Å². The number of carbonyl (C=O) groups excluding carboxylic acids is 1. The van der Waals surface area contributed by atoms with Gasteiger partial charge in [0.2, 0.25) is 5.91 Å². The number of nitrogens with one attached hydrogen (secondary N) is 1. The van der Waals surface area contributed by atoms with Crippen LogP contribution >= 0.6 is 23.1 Å². The van der Waals surface area contributed by atoms with E-state index in [1.165, 1.54) is 40.7 Å². The maximum absolute atomic E-state index is 12.6. The molecular weight excluding hydrogens is 460 g/mol. The number of benzene rings is 2. The van der Waals surface area contributed by atoms with Crippen LogP contribution in [0.1, 0.15) is 17.4 Å². The zero-order chi connectivity index (χ0) is 23.5. The van der Waals surface area contributed by atoms with Gasteiger partial charge in [0.05, 0.1) is 21.7 Å². The van der Waals surface area contributed by atoms with Gasteiger partial charge in [-0.2, -0.15) is 0 Å². The minimum absolute atomic E-state index is 0.00761. The minimum Gasteiger partial charge on any atom is -0.506 e. The molecule has 0 aliphatic heterocycles. The van der Waals surface area contributed by atoms with Gasteiger partial charge in [-0.25, -0.2) is 9.97 Å². The number of nitro groups is 1. The van der Waals surface area contributed by atoms with Crippen LogP contribution in [0.25, 0.3) is 21.3 Å². The summed E-state index contributed by atoms with van der Waals surface area (Å²) in [5.41, 5.74) is 3.10. The van der Waals surface area contributed by atoms with Crippen molar-refractivity contribution in [3.05, 3.63) is 69.3 Å². The van der Waals surface area contributed by atoms with Gasteiger partial charge in [-0.1, -0.05) is 48.5 Å². The van der Waals surface area contributed by atoms with Crippen molar-refractivity contribution in [2.75, 3.05) is 11.1 Å². The summed E-state index contributed by atoms with van der Waals surface area (Å²) < 4.78 is 0. The molecule has 0 saturated heterocycles. The van der Waals surface area contributed by atoms with Gasteiger partial charge in [-0.05, 0) is 25.0 Å². The van der Waals surface area contributed by atoms with E-state index in [2.05, 4.69) is 46.5 Å². The fourth-order valence-corrected chi connectivity index (χ4v) is 5.36. The summed E-state index contributed by atoms with van der Waals surface area (Å²) in [5.74, 6) is -0.639. The maximum Gasteiger partial charge on any atom is 0.271 e. The Hall–Kier alpha value is -3.50. The average molecular weight is 481 g/mol. The molecule has 0 saturated carbocycles. The monoisotopic (exact) mass is 480 g/mol. The number of aromatic nitrogens is 2. The quantitative estimate of drug-likeness (QED) is 0.117. The number of thioether (sulfide) groups is 1. The molecule has 0 aliphatic carbocycles. The number of carbonyl (C=O) groups is 1. The molecule has 0 spiro atoms. The number of fused-ring (bicyclic) bond motifs is 1. The number of thiophene rings is 1. The summed E-state index contributed by atoms with van der Waals surface area (Å²) in [6.07, 6.45) is 2.34. The Morgan fingerprint density at radius 1 is 1.21 bits per heavy atom. The van der Waals surface area contributed by atoms with Crippen LogP contribution in [0.4, 0.5) is 11.4 Å². The first-order chi connectivity index (χ1) is 15.9. The van der Waals surface area contributed by atoms with Gasteiger partial charge in [-0.3, -0.25) is 14.9 Å². The summed E-state index contributed by atoms with van der Waals surface area (Å²) in [4.78, 5) is 33.9. The van der Waals surface area contributed by atoms with Crippen LogP contribution in [-0.2, 0) is 11.2 Å².